The second-order valence-electron chi connectivity index (χ2n) is 4.67. The third-order valence-corrected chi connectivity index (χ3v) is 4.46. The van der Waals surface area contributed by atoms with Gasteiger partial charge in [-0.15, -0.1) is 10.2 Å². The zero-order valence-corrected chi connectivity index (χ0v) is 14.3. The molecule has 108 valence electrons. The summed E-state index contributed by atoms with van der Waals surface area (Å²) >= 11 is 3.40. The fourth-order valence-corrected chi connectivity index (χ4v) is 3.27. The summed E-state index contributed by atoms with van der Waals surface area (Å²) in [7, 11) is 1.48. The molecule has 0 fully saturated rings. The Bertz CT molecular complexity index is 756. The van der Waals surface area contributed by atoms with Crippen molar-refractivity contribution in [3.63, 3.8) is 0 Å². The summed E-state index contributed by atoms with van der Waals surface area (Å²) in [4.78, 5) is 0. The molecule has 2 rings (SSSR count). The Balaban J connectivity index is 2.76. The maximum absolute atomic E-state index is 11.6. The molecule has 20 heavy (non-hydrogen) atoms. The third-order valence-electron chi connectivity index (χ3n) is 2.84. The molecule has 0 amide bonds. The molecule has 0 saturated carbocycles. The molecule has 0 N–H and O–H groups in total. The molecule has 1 aromatic carbocycles. The molecule has 0 radical (unpaired) electrons. The molecule has 0 aliphatic rings. The lowest BCUT2D eigenvalue weighted by Crippen LogP contribution is -2.10. The van der Waals surface area contributed by atoms with E-state index in [0.29, 0.717) is 5.82 Å². The van der Waals surface area contributed by atoms with E-state index in [1.165, 1.54) is 4.57 Å². The summed E-state index contributed by atoms with van der Waals surface area (Å²) < 4.78 is 25.6. The van der Waals surface area contributed by atoms with Crippen molar-refractivity contribution in [2.24, 2.45) is 0 Å². The van der Waals surface area contributed by atoms with Crippen LogP contribution < -0.4 is 0 Å². The normalized spacial score (nSPS) is 12.1. The van der Waals surface area contributed by atoms with Gasteiger partial charge in [-0.25, -0.2) is 8.42 Å². The number of hydrogen-bond acceptors (Lipinski definition) is 4. The standard InChI is InChI=1S/C12H13BrClN3O2S/c1-7(2)17-11(15-16-12(17)20(14,18)19)10-6-9(13)5-4-8(10)3/h4-7H,1-3H3. The van der Waals surface area contributed by atoms with Gasteiger partial charge in [0.25, 0.3) is 14.2 Å². The highest BCUT2D eigenvalue weighted by Crippen LogP contribution is 2.30. The molecular formula is C12H13BrClN3O2S. The van der Waals surface area contributed by atoms with Crippen LogP contribution in [0.4, 0.5) is 0 Å². The van der Waals surface area contributed by atoms with Gasteiger partial charge in [-0.1, -0.05) is 22.0 Å². The summed E-state index contributed by atoms with van der Waals surface area (Å²) in [6.07, 6.45) is 0. The largest absolute Gasteiger partial charge is 0.296 e. The van der Waals surface area contributed by atoms with Crippen LogP contribution in [0.15, 0.2) is 27.8 Å². The Morgan fingerprint density at radius 1 is 1.30 bits per heavy atom. The smallest absolute Gasteiger partial charge is 0.294 e. The van der Waals surface area contributed by atoms with Gasteiger partial charge in [-0.05, 0) is 38.5 Å². The molecule has 0 aliphatic carbocycles. The zero-order valence-electron chi connectivity index (χ0n) is 11.1. The molecular weight excluding hydrogens is 366 g/mol. The van der Waals surface area contributed by atoms with Crippen molar-refractivity contribution in [3.8, 4) is 11.4 Å². The summed E-state index contributed by atoms with van der Waals surface area (Å²) in [5.74, 6) is 0.484. The molecule has 0 saturated heterocycles. The lowest BCUT2D eigenvalue weighted by molar-refractivity contribution is 0.530. The van der Waals surface area contributed by atoms with Crippen LogP contribution in [0.2, 0.25) is 0 Å². The average Bonchev–Trinajstić information content (AvgIpc) is 2.76. The summed E-state index contributed by atoms with van der Waals surface area (Å²) in [5, 5.41) is 7.51. The minimum absolute atomic E-state index is 0.137. The van der Waals surface area contributed by atoms with E-state index in [2.05, 4.69) is 26.1 Å². The highest BCUT2D eigenvalue weighted by Gasteiger charge is 2.25. The number of aryl methyl sites for hydroxylation is 1. The van der Waals surface area contributed by atoms with E-state index in [1.807, 2.05) is 39.0 Å². The number of halogens is 2. The fraction of sp³-hybridized carbons (Fsp3) is 0.333. The van der Waals surface area contributed by atoms with Crippen LogP contribution in [0, 0.1) is 6.92 Å². The number of benzene rings is 1. The molecule has 1 aromatic heterocycles. The maximum Gasteiger partial charge on any atom is 0.296 e. The van der Waals surface area contributed by atoms with Crippen LogP contribution in [0.3, 0.4) is 0 Å². The molecule has 2 aromatic rings. The predicted molar refractivity (Wildman–Crippen MR) is 81.3 cm³/mol. The lowest BCUT2D eigenvalue weighted by Gasteiger charge is -2.14. The molecule has 0 aliphatic heterocycles. The minimum atomic E-state index is -3.94. The number of hydrogen-bond donors (Lipinski definition) is 0. The fourth-order valence-electron chi connectivity index (χ4n) is 1.93. The second-order valence-corrected chi connectivity index (χ2v) is 8.04. The monoisotopic (exact) mass is 377 g/mol. The molecule has 0 atom stereocenters. The number of rotatable bonds is 3. The first kappa shape index (κ1) is 15.5. The van der Waals surface area contributed by atoms with Crippen LogP contribution in [0.1, 0.15) is 25.5 Å². The SMILES string of the molecule is Cc1ccc(Br)cc1-c1nnc(S(=O)(=O)Cl)n1C(C)C. The molecule has 0 bridgehead atoms. The third kappa shape index (κ3) is 2.89. The van der Waals surface area contributed by atoms with E-state index in [-0.39, 0.29) is 11.2 Å². The molecule has 0 unspecified atom stereocenters. The van der Waals surface area contributed by atoms with Gasteiger partial charge in [0, 0.05) is 26.8 Å². The molecule has 1 heterocycles. The second kappa shape index (κ2) is 5.46. The Labute approximate surface area is 130 Å². The number of nitrogens with zero attached hydrogens (tertiary/aromatic N) is 3. The minimum Gasteiger partial charge on any atom is -0.294 e. The van der Waals surface area contributed by atoms with E-state index in [0.717, 1.165) is 15.6 Å². The first-order valence-corrected chi connectivity index (χ1v) is 8.98. The van der Waals surface area contributed by atoms with E-state index in [1.54, 1.807) is 0 Å². The lowest BCUT2D eigenvalue weighted by atomic mass is 10.1. The first-order valence-electron chi connectivity index (χ1n) is 5.88. The van der Waals surface area contributed by atoms with Crippen LogP contribution in [-0.2, 0) is 9.05 Å². The van der Waals surface area contributed by atoms with E-state index >= 15 is 0 Å². The van der Waals surface area contributed by atoms with Gasteiger partial charge in [0.15, 0.2) is 5.82 Å². The Morgan fingerprint density at radius 3 is 2.50 bits per heavy atom. The van der Waals surface area contributed by atoms with Gasteiger partial charge in [-0.3, -0.25) is 4.57 Å². The van der Waals surface area contributed by atoms with Crippen molar-refractivity contribution in [2.45, 2.75) is 32.0 Å². The summed E-state index contributed by atoms with van der Waals surface area (Å²) in [6, 6.07) is 5.58. The van der Waals surface area contributed by atoms with E-state index in [9.17, 15) is 8.42 Å². The quantitative estimate of drug-likeness (QED) is 0.766. The van der Waals surface area contributed by atoms with Crippen molar-refractivity contribution in [3.05, 3.63) is 28.2 Å². The number of aromatic nitrogens is 3. The Hall–Kier alpha value is -0.920. The average molecular weight is 379 g/mol. The Kier molecular flexibility index (Phi) is 4.22. The molecule has 0 spiro atoms. The first-order chi connectivity index (χ1) is 9.21. The van der Waals surface area contributed by atoms with Gasteiger partial charge in [-0.2, -0.15) is 0 Å². The van der Waals surface area contributed by atoms with E-state index < -0.39 is 9.05 Å². The summed E-state index contributed by atoms with van der Waals surface area (Å²) in [5.41, 5.74) is 1.79. The van der Waals surface area contributed by atoms with Gasteiger partial charge in [0.05, 0.1) is 0 Å². The Morgan fingerprint density at radius 2 is 1.95 bits per heavy atom. The maximum atomic E-state index is 11.6. The predicted octanol–water partition coefficient (Wildman–Crippen LogP) is 3.52. The van der Waals surface area contributed by atoms with Crippen LogP contribution in [0.25, 0.3) is 11.4 Å². The van der Waals surface area contributed by atoms with Gasteiger partial charge >= 0.3 is 0 Å². The van der Waals surface area contributed by atoms with Crippen molar-refractivity contribution < 1.29 is 8.42 Å². The van der Waals surface area contributed by atoms with Gasteiger partial charge in [0.2, 0.25) is 0 Å². The van der Waals surface area contributed by atoms with Crippen molar-refractivity contribution in [1.82, 2.24) is 14.8 Å². The van der Waals surface area contributed by atoms with Crippen LogP contribution in [0.5, 0.6) is 0 Å². The van der Waals surface area contributed by atoms with Gasteiger partial charge in [0.1, 0.15) is 0 Å². The van der Waals surface area contributed by atoms with Crippen LogP contribution >= 0.6 is 26.6 Å². The van der Waals surface area contributed by atoms with Crippen LogP contribution in [-0.4, -0.2) is 23.2 Å². The van der Waals surface area contributed by atoms with Gasteiger partial charge < -0.3 is 0 Å². The zero-order chi connectivity index (χ0) is 15.1. The summed E-state index contributed by atoms with van der Waals surface area (Å²) in [6.45, 7) is 5.63. The molecule has 5 nitrogen and oxygen atoms in total. The van der Waals surface area contributed by atoms with Crippen molar-refractivity contribution in [2.75, 3.05) is 0 Å². The topological polar surface area (TPSA) is 64.8 Å². The molecule has 8 heteroatoms. The highest BCUT2D eigenvalue weighted by atomic mass is 79.9. The highest BCUT2D eigenvalue weighted by molar-refractivity contribution is 9.10. The van der Waals surface area contributed by atoms with Crippen molar-refractivity contribution >= 4 is 35.7 Å². The van der Waals surface area contributed by atoms with Crippen molar-refractivity contribution in [1.29, 1.82) is 0 Å². The van der Waals surface area contributed by atoms with E-state index in [4.69, 9.17) is 10.7 Å².